The van der Waals surface area contributed by atoms with Gasteiger partial charge >= 0.3 is 0 Å². The SMILES string of the molecule is CCCc1ncc2c(n1)CN(CCC)CC2. The molecule has 0 aromatic carbocycles. The monoisotopic (exact) mass is 219 g/mol. The van der Waals surface area contributed by atoms with Crippen molar-refractivity contribution in [3.05, 3.63) is 23.3 Å². The minimum absolute atomic E-state index is 1.00. The first kappa shape index (κ1) is 11.5. The number of hydrogen-bond acceptors (Lipinski definition) is 3. The highest BCUT2D eigenvalue weighted by molar-refractivity contribution is 5.20. The Morgan fingerprint density at radius 1 is 1.31 bits per heavy atom. The average Bonchev–Trinajstić information content (AvgIpc) is 2.29. The largest absolute Gasteiger partial charge is 0.297 e. The number of fused-ring (bicyclic) bond motifs is 1. The van der Waals surface area contributed by atoms with E-state index >= 15 is 0 Å². The molecule has 0 spiro atoms. The van der Waals surface area contributed by atoms with Crippen LogP contribution in [0, 0.1) is 0 Å². The number of aromatic nitrogens is 2. The Morgan fingerprint density at radius 2 is 2.19 bits per heavy atom. The summed E-state index contributed by atoms with van der Waals surface area (Å²) in [6, 6.07) is 0. The van der Waals surface area contributed by atoms with Crippen LogP contribution in [0.5, 0.6) is 0 Å². The molecule has 1 aromatic rings. The maximum atomic E-state index is 4.68. The van der Waals surface area contributed by atoms with Gasteiger partial charge in [0.1, 0.15) is 5.82 Å². The Kier molecular flexibility index (Phi) is 3.88. The van der Waals surface area contributed by atoms with E-state index in [4.69, 9.17) is 0 Å². The van der Waals surface area contributed by atoms with E-state index < -0.39 is 0 Å². The lowest BCUT2D eigenvalue weighted by Gasteiger charge is -2.27. The first-order chi connectivity index (χ1) is 7.83. The molecule has 88 valence electrons. The van der Waals surface area contributed by atoms with Crippen LogP contribution >= 0.6 is 0 Å². The van der Waals surface area contributed by atoms with Gasteiger partial charge in [0.2, 0.25) is 0 Å². The molecule has 0 aliphatic carbocycles. The molecule has 0 unspecified atom stereocenters. The van der Waals surface area contributed by atoms with Gasteiger partial charge in [-0.2, -0.15) is 0 Å². The molecule has 1 aromatic heterocycles. The molecule has 0 N–H and O–H groups in total. The van der Waals surface area contributed by atoms with E-state index in [1.54, 1.807) is 0 Å². The molecule has 0 saturated carbocycles. The summed E-state index contributed by atoms with van der Waals surface area (Å²) in [4.78, 5) is 11.6. The Balaban J connectivity index is 2.12. The molecule has 1 aliphatic heterocycles. The standard InChI is InChI=1S/C13H21N3/c1-3-5-13-14-9-11-6-8-16(7-4-2)10-12(11)15-13/h9H,3-8,10H2,1-2H3. The molecular weight excluding hydrogens is 198 g/mol. The van der Waals surface area contributed by atoms with Crippen LogP contribution in [-0.2, 0) is 19.4 Å². The van der Waals surface area contributed by atoms with Crippen molar-refractivity contribution in [2.45, 2.75) is 46.1 Å². The van der Waals surface area contributed by atoms with Gasteiger partial charge in [-0.3, -0.25) is 4.90 Å². The fourth-order valence-corrected chi connectivity index (χ4v) is 2.25. The normalized spacial score (nSPS) is 16.1. The quantitative estimate of drug-likeness (QED) is 0.777. The van der Waals surface area contributed by atoms with Crippen LogP contribution in [-0.4, -0.2) is 28.0 Å². The summed E-state index contributed by atoms with van der Waals surface area (Å²) in [5.41, 5.74) is 2.62. The first-order valence-electron chi connectivity index (χ1n) is 6.39. The van der Waals surface area contributed by atoms with Crippen LogP contribution in [0.4, 0.5) is 0 Å². The maximum absolute atomic E-state index is 4.68. The molecular formula is C13H21N3. The van der Waals surface area contributed by atoms with E-state index in [0.29, 0.717) is 0 Å². The van der Waals surface area contributed by atoms with E-state index in [9.17, 15) is 0 Å². The predicted octanol–water partition coefficient (Wildman–Crippen LogP) is 2.20. The van der Waals surface area contributed by atoms with Crippen molar-refractivity contribution in [3.8, 4) is 0 Å². The summed E-state index contributed by atoms with van der Waals surface area (Å²) < 4.78 is 0. The zero-order chi connectivity index (χ0) is 11.4. The van der Waals surface area contributed by atoms with Crippen LogP contribution in [0.1, 0.15) is 43.8 Å². The second-order valence-corrected chi connectivity index (χ2v) is 4.53. The molecule has 16 heavy (non-hydrogen) atoms. The summed E-state index contributed by atoms with van der Waals surface area (Å²) in [5.74, 6) is 1.01. The highest BCUT2D eigenvalue weighted by atomic mass is 15.1. The Bertz CT molecular complexity index is 349. The second kappa shape index (κ2) is 5.39. The molecule has 0 saturated heterocycles. The minimum Gasteiger partial charge on any atom is -0.297 e. The van der Waals surface area contributed by atoms with Crippen molar-refractivity contribution in [1.29, 1.82) is 0 Å². The third kappa shape index (κ3) is 2.59. The number of nitrogens with zero attached hydrogens (tertiary/aromatic N) is 3. The minimum atomic E-state index is 1.00. The van der Waals surface area contributed by atoms with Gasteiger partial charge in [0, 0.05) is 25.7 Å². The van der Waals surface area contributed by atoms with Crippen molar-refractivity contribution in [1.82, 2.24) is 14.9 Å². The summed E-state index contributed by atoms with van der Waals surface area (Å²) in [6.07, 6.45) is 6.50. The lowest BCUT2D eigenvalue weighted by molar-refractivity contribution is 0.250. The summed E-state index contributed by atoms with van der Waals surface area (Å²) >= 11 is 0. The summed E-state index contributed by atoms with van der Waals surface area (Å²) in [6.45, 7) is 7.77. The fraction of sp³-hybridized carbons (Fsp3) is 0.692. The lowest BCUT2D eigenvalue weighted by atomic mass is 10.1. The Hall–Kier alpha value is -0.960. The zero-order valence-corrected chi connectivity index (χ0v) is 10.4. The molecule has 0 atom stereocenters. The van der Waals surface area contributed by atoms with Crippen LogP contribution < -0.4 is 0 Å². The Labute approximate surface area is 97.9 Å². The van der Waals surface area contributed by atoms with E-state index in [1.165, 1.54) is 24.2 Å². The lowest BCUT2D eigenvalue weighted by Crippen LogP contribution is -2.32. The highest BCUT2D eigenvalue weighted by Gasteiger charge is 2.17. The highest BCUT2D eigenvalue weighted by Crippen LogP contribution is 2.16. The maximum Gasteiger partial charge on any atom is 0.128 e. The molecule has 1 aliphatic rings. The molecule has 3 heteroatoms. The van der Waals surface area contributed by atoms with Gasteiger partial charge in [-0.05, 0) is 31.4 Å². The third-order valence-corrected chi connectivity index (χ3v) is 3.09. The first-order valence-corrected chi connectivity index (χ1v) is 6.39. The molecule has 2 rings (SSSR count). The van der Waals surface area contributed by atoms with Crippen molar-refractivity contribution in [2.75, 3.05) is 13.1 Å². The number of rotatable bonds is 4. The molecule has 0 fully saturated rings. The van der Waals surface area contributed by atoms with E-state index in [0.717, 1.165) is 38.2 Å². The van der Waals surface area contributed by atoms with E-state index in [1.807, 2.05) is 6.20 Å². The van der Waals surface area contributed by atoms with Gasteiger partial charge in [-0.15, -0.1) is 0 Å². The van der Waals surface area contributed by atoms with Gasteiger partial charge in [0.15, 0.2) is 0 Å². The molecule has 2 heterocycles. The van der Waals surface area contributed by atoms with Gasteiger partial charge in [-0.25, -0.2) is 9.97 Å². The van der Waals surface area contributed by atoms with Crippen molar-refractivity contribution >= 4 is 0 Å². The molecule has 0 amide bonds. The van der Waals surface area contributed by atoms with Gasteiger partial charge in [-0.1, -0.05) is 13.8 Å². The van der Waals surface area contributed by atoms with Gasteiger partial charge in [0.05, 0.1) is 5.69 Å². The second-order valence-electron chi connectivity index (χ2n) is 4.53. The smallest absolute Gasteiger partial charge is 0.128 e. The van der Waals surface area contributed by atoms with Crippen LogP contribution in [0.25, 0.3) is 0 Å². The van der Waals surface area contributed by atoms with Gasteiger partial charge < -0.3 is 0 Å². The molecule has 0 bridgehead atoms. The van der Waals surface area contributed by atoms with E-state index in [-0.39, 0.29) is 0 Å². The number of aryl methyl sites for hydroxylation is 1. The van der Waals surface area contributed by atoms with Gasteiger partial charge in [0.25, 0.3) is 0 Å². The van der Waals surface area contributed by atoms with Crippen LogP contribution in [0.3, 0.4) is 0 Å². The van der Waals surface area contributed by atoms with Crippen molar-refractivity contribution in [3.63, 3.8) is 0 Å². The average molecular weight is 219 g/mol. The predicted molar refractivity (Wildman–Crippen MR) is 65.3 cm³/mol. The Morgan fingerprint density at radius 3 is 2.94 bits per heavy atom. The topological polar surface area (TPSA) is 29.0 Å². The van der Waals surface area contributed by atoms with Crippen molar-refractivity contribution in [2.24, 2.45) is 0 Å². The van der Waals surface area contributed by atoms with Crippen LogP contribution in [0.15, 0.2) is 6.20 Å². The molecule has 3 nitrogen and oxygen atoms in total. The number of hydrogen-bond donors (Lipinski definition) is 0. The fourth-order valence-electron chi connectivity index (χ4n) is 2.25. The molecule has 0 radical (unpaired) electrons. The third-order valence-electron chi connectivity index (χ3n) is 3.09. The summed E-state index contributed by atoms with van der Waals surface area (Å²) in [5, 5.41) is 0. The van der Waals surface area contributed by atoms with Crippen molar-refractivity contribution < 1.29 is 0 Å². The van der Waals surface area contributed by atoms with Crippen LogP contribution in [0.2, 0.25) is 0 Å². The summed E-state index contributed by atoms with van der Waals surface area (Å²) in [7, 11) is 0. The van der Waals surface area contributed by atoms with E-state index in [2.05, 4.69) is 28.7 Å². The zero-order valence-electron chi connectivity index (χ0n) is 10.4.